The highest BCUT2D eigenvalue weighted by atomic mass is 16.3. The van der Waals surface area contributed by atoms with Crippen molar-refractivity contribution in [3.8, 4) is 0 Å². The van der Waals surface area contributed by atoms with Gasteiger partial charge in [-0.15, -0.1) is 0 Å². The number of hydrogen-bond donors (Lipinski definition) is 1. The molecule has 21 heavy (non-hydrogen) atoms. The Hall–Kier alpha value is -2.62. The summed E-state index contributed by atoms with van der Waals surface area (Å²) < 4.78 is 5.20. The lowest BCUT2D eigenvalue weighted by molar-refractivity contribution is -0.119. The van der Waals surface area contributed by atoms with Gasteiger partial charge in [0.25, 0.3) is 0 Å². The highest BCUT2D eigenvalue weighted by Crippen LogP contribution is 2.27. The van der Waals surface area contributed by atoms with Crippen molar-refractivity contribution in [3.05, 3.63) is 60.0 Å². The van der Waals surface area contributed by atoms with Gasteiger partial charge in [-0.3, -0.25) is 4.79 Å². The van der Waals surface area contributed by atoms with Gasteiger partial charge >= 0.3 is 0 Å². The first-order chi connectivity index (χ1) is 10.3. The summed E-state index contributed by atoms with van der Waals surface area (Å²) in [6, 6.07) is 13.7. The van der Waals surface area contributed by atoms with E-state index < -0.39 is 0 Å². The van der Waals surface area contributed by atoms with Crippen LogP contribution in [0.15, 0.2) is 53.3 Å². The number of anilines is 1. The van der Waals surface area contributed by atoms with Crippen LogP contribution in [-0.2, 0) is 17.6 Å². The minimum absolute atomic E-state index is 0.00964. The van der Waals surface area contributed by atoms with E-state index in [1.54, 1.807) is 0 Å². The van der Waals surface area contributed by atoms with Gasteiger partial charge in [-0.05, 0) is 42.2 Å². The molecule has 1 amide bonds. The fraction of sp³-hybridized carbons (Fsp3) is 0.176. The highest BCUT2D eigenvalue weighted by Gasteiger charge is 2.27. The van der Waals surface area contributed by atoms with Crippen molar-refractivity contribution in [2.45, 2.75) is 12.8 Å². The van der Waals surface area contributed by atoms with Gasteiger partial charge in [0.2, 0.25) is 5.91 Å². The maximum atomic E-state index is 12.4. The first-order valence-corrected chi connectivity index (χ1v) is 7.00. The molecule has 1 heterocycles. The van der Waals surface area contributed by atoms with E-state index in [0.29, 0.717) is 0 Å². The SMILES string of the molecule is O=C(Nc1ccc2ocnc2c1)C1Cc2ccccc2C1. The van der Waals surface area contributed by atoms with Crippen molar-refractivity contribution >= 4 is 22.7 Å². The molecule has 0 aliphatic heterocycles. The number of carbonyl (C=O) groups excluding carboxylic acids is 1. The van der Waals surface area contributed by atoms with Gasteiger partial charge in [-0.25, -0.2) is 4.98 Å². The lowest BCUT2D eigenvalue weighted by Crippen LogP contribution is -2.23. The van der Waals surface area contributed by atoms with Gasteiger partial charge in [0.1, 0.15) is 5.52 Å². The molecular formula is C17H14N2O2. The molecule has 2 aromatic carbocycles. The summed E-state index contributed by atoms with van der Waals surface area (Å²) in [6.07, 6.45) is 3.03. The Bertz CT molecular complexity index is 797. The van der Waals surface area contributed by atoms with Gasteiger partial charge in [0.15, 0.2) is 12.0 Å². The lowest BCUT2D eigenvalue weighted by atomic mass is 10.1. The van der Waals surface area contributed by atoms with E-state index >= 15 is 0 Å². The van der Waals surface area contributed by atoms with Crippen molar-refractivity contribution in [3.63, 3.8) is 0 Å². The van der Waals surface area contributed by atoms with Gasteiger partial charge < -0.3 is 9.73 Å². The molecule has 4 nitrogen and oxygen atoms in total. The number of amides is 1. The summed E-state index contributed by atoms with van der Waals surface area (Å²) in [4.78, 5) is 16.5. The molecule has 1 aliphatic carbocycles. The van der Waals surface area contributed by atoms with E-state index in [9.17, 15) is 4.79 Å². The van der Waals surface area contributed by atoms with E-state index in [1.165, 1.54) is 17.5 Å². The Morgan fingerprint density at radius 3 is 2.67 bits per heavy atom. The molecule has 4 rings (SSSR count). The Labute approximate surface area is 121 Å². The molecule has 0 fully saturated rings. The smallest absolute Gasteiger partial charge is 0.228 e. The Balaban J connectivity index is 1.51. The molecular weight excluding hydrogens is 264 g/mol. The zero-order chi connectivity index (χ0) is 14.2. The summed E-state index contributed by atoms with van der Waals surface area (Å²) in [6.45, 7) is 0. The minimum atomic E-state index is 0.00964. The van der Waals surface area contributed by atoms with Crippen LogP contribution in [0.25, 0.3) is 11.1 Å². The molecule has 0 radical (unpaired) electrons. The molecule has 0 atom stereocenters. The number of aromatic nitrogens is 1. The number of oxazole rings is 1. The van der Waals surface area contributed by atoms with Crippen molar-refractivity contribution < 1.29 is 9.21 Å². The quantitative estimate of drug-likeness (QED) is 0.783. The van der Waals surface area contributed by atoms with E-state index in [-0.39, 0.29) is 11.8 Å². The van der Waals surface area contributed by atoms with Crippen molar-refractivity contribution in [1.82, 2.24) is 4.98 Å². The third-order valence-electron chi connectivity index (χ3n) is 4.02. The van der Waals surface area contributed by atoms with Gasteiger partial charge in [0.05, 0.1) is 0 Å². The maximum absolute atomic E-state index is 12.4. The van der Waals surface area contributed by atoms with Crippen LogP contribution in [0, 0.1) is 5.92 Å². The van der Waals surface area contributed by atoms with Gasteiger partial charge in [0, 0.05) is 11.6 Å². The fourth-order valence-corrected chi connectivity index (χ4v) is 2.92. The number of fused-ring (bicyclic) bond motifs is 2. The number of carbonyl (C=O) groups is 1. The molecule has 0 bridgehead atoms. The van der Waals surface area contributed by atoms with Crippen LogP contribution in [0.2, 0.25) is 0 Å². The third kappa shape index (κ3) is 2.18. The number of nitrogens with one attached hydrogen (secondary N) is 1. The van der Waals surface area contributed by atoms with Crippen LogP contribution < -0.4 is 5.32 Å². The normalized spacial score (nSPS) is 14.3. The summed E-state index contributed by atoms with van der Waals surface area (Å²) >= 11 is 0. The zero-order valence-electron chi connectivity index (χ0n) is 11.4. The van der Waals surface area contributed by atoms with E-state index in [0.717, 1.165) is 29.6 Å². The van der Waals surface area contributed by atoms with Crippen molar-refractivity contribution in [2.75, 3.05) is 5.32 Å². The van der Waals surface area contributed by atoms with Crippen LogP contribution in [-0.4, -0.2) is 10.9 Å². The molecule has 1 aromatic heterocycles. The standard InChI is InChI=1S/C17H14N2O2/c20-17(13-7-11-3-1-2-4-12(11)8-13)19-14-5-6-16-15(9-14)18-10-21-16/h1-6,9-10,13H,7-8H2,(H,19,20). The van der Waals surface area contributed by atoms with Gasteiger partial charge in [-0.2, -0.15) is 0 Å². The second kappa shape index (κ2) is 4.74. The Morgan fingerprint density at radius 2 is 1.90 bits per heavy atom. The molecule has 104 valence electrons. The second-order valence-corrected chi connectivity index (χ2v) is 5.40. The monoisotopic (exact) mass is 278 g/mol. The lowest BCUT2D eigenvalue weighted by Gasteiger charge is -2.10. The van der Waals surface area contributed by atoms with E-state index in [4.69, 9.17) is 4.42 Å². The summed E-state index contributed by atoms with van der Waals surface area (Å²) in [5, 5.41) is 2.98. The summed E-state index contributed by atoms with van der Waals surface area (Å²) in [5.74, 6) is 0.0736. The molecule has 0 spiro atoms. The average Bonchev–Trinajstić information content (AvgIpc) is 3.13. The predicted molar refractivity (Wildman–Crippen MR) is 80.0 cm³/mol. The number of hydrogen-bond acceptors (Lipinski definition) is 3. The third-order valence-corrected chi connectivity index (χ3v) is 4.02. The molecule has 3 aromatic rings. The number of nitrogens with zero attached hydrogens (tertiary/aromatic N) is 1. The molecule has 1 aliphatic rings. The largest absolute Gasteiger partial charge is 0.443 e. The summed E-state index contributed by atoms with van der Waals surface area (Å²) in [7, 11) is 0. The Kier molecular flexibility index (Phi) is 2.74. The van der Waals surface area contributed by atoms with Crippen LogP contribution in [0.1, 0.15) is 11.1 Å². The topological polar surface area (TPSA) is 55.1 Å². The fourth-order valence-electron chi connectivity index (χ4n) is 2.92. The Morgan fingerprint density at radius 1 is 1.14 bits per heavy atom. The highest BCUT2D eigenvalue weighted by molar-refractivity contribution is 5.95. The number of benzene rings is 2. The van der Waals surface area contributed by atoms with Crippen molar-refractivity contribution in [2.24, 2.45) is 5.92 Å². The molecule has 4 heteroatoms. The predicted octanol–water partition coefficient (Wildman–Crippen LogP) is 3.18. The van der Waals surface area contributed by atoms with Crippen LogP contribution in [0.4, 0.5) is 5.69 Å². The first-order valence-electron chi connectivity index (χ1n) is 7.00. The zero-order valence-corrected chi connectivity index (χ0v) is 11.4. The van der Waals surface area contributed by atoms with Crippen molar-refractivity contribution in [1.29, 1.82) is 0 Å². The van der Waals surface area contributed by atoms with Gasteiger partial charge in [-0.1, -0.05) is 24.3 Å². The molecule has 1 N–H and O–H groups in total. The van der Waals surface area contributed by atoms with Crippen LogP contribution >= 0.6 is 0 Å². The average molecular weight is 278 g/mol. The minimum Gasteiger partial charge on any atom is -0.443 e. The molecule has 0 unspecified atom stereocenters. The molecule has 0 saturated carbocycles. The second-order valence-electron chi connectivity index (χ2n) is 5.40. The number of rotatable bonds is 2. The van der Waals surface area contributed by atoms with Crippen LogP contribution in [0.3, 0.4) is 0 Å². The summed E-state index contributed by atoms with van der Waals surface area (Å²) in [5.41, 5.74) is 4.80. The van der Waals surface area contributed by atoms with Crippen LogP contribution in [0.5, 0.6) is 0 Å². The first kappa shape index (κ1) is 12.1. The van der Waals surface area contributed by atoms with E-state index in [1.807, 2.05) is 30.3 Å². The molecule has 0 saturated heterocycles. The van der Waals surface area contributed by atoms with E-state index in [2.05, 4.69) is 22.4 Å². The maximum Gasteiger partial charge on any atom is 0.228 e.